The van der Waals surface area contributed by atoms with Crippen LogP contribution in [0, 0.1) is 5.92 Å². The molecule has 2 aromatic heterocycles. The van der Waals surface area contributed by atoms with Crippen LogP contribution >= 0.6 is 22.7 Å². The van der Waals surface area contributed by atoms with Crippen molar-refractivity contribution in [3.63, 3.8) is 0 Å². The van der Waals surface area contributed by atoms with Crippen molar-refractivity contribution >= 4 is 40.7 Å². The van der Waals surface area contributed by atoms with Crippen LogP contribution in [0.3, 0.4) is 0 Å². The third-order valence-electron chi connectivity index (χ3n) is 9.05. The molecule has 0 unspecified atom stereocenters. The highest BCUT2D eigenvalue weighted by molar-refractivity contribution is 7.09. The van der Waals surface area contributed by atoms with Gasteiger partial charge in [0.05, 0.1) is 39.7 Å². The molecule has 14 heteroatoms. The second kappa shape index (κ2) is 18.8. The minimum Gasteiger partial charge on any atom is -0.444 e. The van der Waals surface area contributed by atoms with Gasteiger partial charge in [0.1, 0.15) is 24.9 Å². The fourth-order valence-corrected chi connectivity index (χ4v) is 7.68. The maximum absolute atomic E-state index is 14.3. The first-order valence-electron chi connectivity index (χ1n) is 18.3. The van der Waals surface area contributed by atoms with Gasteiger partial charge < -0.3 is 35.1 Å². The van der Waals surface area contributed by atoms with Gasteiger partial charge in [-0.05, 0) is 43.7 Å². The molecule has 2 aromatic carbocycles. The minimum absolute atomic E-state index is 0.0818. The largest absolute Gasteiger partial charge is 0.444 e. The minimum atomic E-state index is -1.04. The van der Waals surface area contributed by atoms with E-state index in [1.807, 2.05) is 93.7 Å². The Morgan fingerprint density at radius 1 is 0.870 bits per heavy atom. The molecule has 0 bridgehead atoms. The van der Waals surface area contributed by atoms with Crippen LogP contribution in [0.15, 0.2) is 77.8 Å². The number of rotatable bonds is 16. The Morgan fingerprint density at radius 3 is 1.98 bits per heavy atom. The van der Waals surface area contributed by atoms with E-state index in [1.54, 1.807) is 30.1 Å². The number of nitrogens with one attached hydrogen (secondary N) is 3. The van der Waals surface area contributed by atoms with Gasteiger partial charge in [-0.1, -0.05) is 88.4 Å². The van der Waals surface area contributed by atoms with Crippen molar-refractivity contribution in [1.82, 2.24) is 30.8 Å². The average Bonchev–Trinajstić information content (AvgIpc) is 3.90. The predicted octanol–water partition coefficient (Wildman–Crippen LogP) is 6.67. The van der Waals surface area contributed by atoms with Gasteiger partial charge in [0.2, 0.25) is 5.91 Å². The molecule has 54 heavy (non-hydrogen) atoms. The zero-order chi connectivity index (χ0) is 38.8. The number of hydrogen-bond donors (Lipinski definition) is 3. The van der Waals surface area contributed by atoms with Crippen LogP contribution in [0.2, 0.25) is 0 Å². The van der Waals surface area contributed by atoms with Gasteiger partial charge >= 0.3 is 12.1 Å². The molecule has 5 rings (SSSR count). The molecule has 12 nitrogen and oxygen atoms in total. The predicted molar refractivity (Wildman–Crippen MR) is 210 cm³/mol. The summed E-state index contributed by atoms with van der Waals surface area (Å²) in [7, 11) is 1.69. The van der Waals surface area contributed by atoms with Gasteiger partial charge in [-0.3, -0.25) is 9.78 Å². The van der Waals surface area contributed by atoms with Gasteiger partial charge in [-0.25, -0.2) is 14.6 Å². The number of amides is 4. The van der Waals surface area contributed by atoms with Crippen molar-refractivity contribution in [1.29, 1.82) is 0 Å². The first kappa shape index (κ1) is 40.8. The van der Waals surface area contributed by atoms with Crippen LogP contribution in [0.4, 0.5) is 9.59 Å². The first-order chi connectivity index (χ1) is 25.8. The lowest BCUT2D eigenvalue weighted by Gasteiger charge is -2.34. The van der Waals surface area contributed by atoms with Crippen LogP contribution in [0.25, 0.3) is 0 Å². The number of nitrogens with zero attached hydrogens (tertiary/aromatic N) is 3. The van der Waals surface area contributed by atoms with Gasteiger partial charge in [-0.2, -0.15) is 0 Å². The van der Waals surface area contributed by atoms with Crippen molar-refractivity contribution < 1.29 is 28.6 Å². The second-order valence-electron chi connectivity index (χ2n) is 14.7. The lowest BCUT2D eigenvalue weighted by molar-refractivity contribution is -0.151. The van der Waals surface area contributed by atoms with Crippen LogP contribution in [0.5, 0.6) is 0 Å². The summed E-state index contributed by atoms with van der Waals surface area (Å²) in [6.45, 7) is 12.0. The summed E-state index contributed by atoms with van der Waals surface area (Å²) < 4.78 is 18.8. The number of urea groups is 1. The summed E-state index contributed by atoms with van der Waals surface area (Å²) in [5.41, 5.74) is 4.43. The molecule has 0 aliphatic carbocycles. The number of alkyl carbamates (subject to hydrolysis) is 1. The van der Waals surface area contributed by atoms with Crippen molar-refractivity contribution in [2.75, 3.05) is 7.05 Å². The summed E-state index contributed by atoms with van der Waals surface area (Å²) >= 11 is 2.97. The van der Waals surface area contributed by atoms with Gasteiger partial charge in [0.25, 0.3) is 0 Å². The van der Waals surface area contributed by atoms with Gasteiger partial charge in [0, 0.05) is 24.5 Å². The Morgan fingerprint density at radius 2 is 1.46 bits per heavy atom. The van der Waals surface area contributed by atoms with Crippen LogP contribution in [0.1, 0.15) is 74.2 Å². The summed E-state index contributed by atoms with van der Waals surface area (Å²) in [6, 6.07) is 17.2. The normalized spacial score (nSPS) is 18.2. The fourth-order valence-electron chi connectivity index (χ4n) is 6.34. The van der Waals surface area contributed by atoms with E-state index in [9.17, 15) is 14.4 Å². The molecule has 0 saturated carbocycles. The number of hydrogen-bond acceptors (Lipinski definition) is 10. The average molecular weight is 777 g/mol. The van der Waals surface area contributed by atoms with E-state index in [2.05, 4.69) is 39.8 Å². The number of benzene rings is 2. The van der Waals surface area contributed by atoms with Gasteiger partial charge in [0.15, 0.2) is 5.79 Å². The van der Waals surface area contributed by atoms with Crippen molar-refractivity contribution in [3.05, 3.63) is 104 Å². The van der Waals surface area contributed by atoms with Crippen LogP contribution < -0.4 is 16.0 Å². The number of thiazole rings is 2. The highest BCUT2D eigenvalue weighted by atomic mass is 32.1. The molecule has 4 aromatic rings. The Labute approximate surface area is 326 Å². The Kier molecular flexibility index (Phi) is 14.2. The number of carbonyl (C=O) groups is 3. The lowest BCUT2D eigenvalue weighted by Crippen LogP contribution is -2.60. The molecule has 5 atom stereocenters. The Balaban J connectivity index is 1.38. The smallest absolute Gasteiger partial charge is 0.407 e. The summed E-state index contributed by atoms with van der Waals surface area (Å²) in [5.74, 6) is -1.34. The van der Waals surface area contributed by atoms with E-state index in [4.69, 9.17) is 14.2 Å². The summed E-state index contributed by atoms with van der Waals surface area (Å²) in [5, 5.41) is 12.2. The zero-order valence-electron chi connectivity index (χ0n) is 32.0. The van der Waals surface area contributed by atoms with Crippen molar-refractivity contribution in [3.8, 4) is 0 Å². The lowest BCUT2D eigenvalue weighted by atomic mass is 9.90. The maximum Gasteiger partial charge on any atom is 0.407 e. The molecule has 3 N–H and O–H groups in total. The second-order valence-corrected chi connectivity index (χ2v) is 16.6. The van der Waals surface area contributed by atoms with Gasteiger partial charge in [-0.15, -0.1) is 22.7 Å². The molecule has 1 saturated heterocycles. The SMILES string of the molecule is CC(C)c1nc(CN(C)C(=O)N[C@H](C(=O)N[C@@H](Cc2ccccc2)[C@H]2OC(C)(C)O[C@@H]2[C@H](Cc2ccccc2)NC(=O)OCc2cncs2)C(C)C)cs1. The molecule has 290 valence electrons. The molecular weight excluding hydrogens is 725 g/mol. The summed E-state index contributed by atoms with van der Waals surface area (Å²) in [6.07, 6.45) is 0.476. The van der Waals surface area contributed by atoms with E-state index >= 15 is 0 Å². The van der Waals surface area contributed by atoms with Crippen molar-refractivity contribution in [2.45, 2.75) is 110 Å². The van der Waals surface area contributed by atoms with E-state index in [-0.39, 0.29) is 24.5 Å². The quantitative estimate of drug-likeness (QED) is 0.115. The Hall–Kier alpha value is -4.37. The summed E-state index contributed by atoms with van der Waals surface area (Å²) in [4.78, 5) is 52.2. The molecular formula is C40H52N6O6S2. The molecule has 1 aliphatic heterocycles. The van der Waals surface area contributed by atoms with E-state index < -0.39 is 42.2 Å². The first-order valence-corrected chi connectivity index (χ1v) is 20.0. The number of ether oxygens (including phenoxy) is 3. The van der Waals surface area contributed by atoms with Crippen LogP contribution in [-0.2, 0) is 45.0 Å². The molecule has 0 radical (unpaired) electrons. The third kappa shape index (κ3) is 11.6. The van der Waals surface area contributed by atoms with E-state index in [1.165, 1.54) is 16.2 Å². The molecule has 3 heterocycles. The molecule has 1 fully saturated rings. The number of carbonyl (C=O) groups excluding carboxylic acids is 3. The molecule has 1 aliphatic rings. The standard InChI is InChI=1S/C40H52N6O6S2/c1-25(2)33(45-38(48)46(7)21-29-23-53-37(42-29)26(3)4)36(47)43-31(18-27-14-10-8-11-15-27)34-35(52-40(5,6)51-34)32(19-28-16-12-9-13-17-28)44-39(49)50-22-30-20-41-24-54-30/h8-17,20,23-26,31-35H,18-19,21-22H2,1-7H3,(H,43,47)(H,44,49)(H,45,48)/t31-,32-,33-,34+,35+/m0/s1. The Bertz CT molecular complexity index is 1790. The van der Waals surface area contributed by atoms with E-state index in [0.29, 0.717) is 25.3 Å². The highest BCUT2D eigenvalue weighted by Gasteiger charge is 2.49. The van der Waals surface area contributed by atoms with Crippen molar-refractivity contribution in [2.24, 2.45) is 5.92 Å². The molecule has 0 spiro atoms. The van der Waals surface area contributed by atoms with E-state index in [0.717, 1.165) is 26.7 Å². The van der Waals surface area contributed by atoms with Crippen LogP contribution in [-0.4, -0.2) is 76.1 Å². The third-order valence-corrected chi connectivity index (χ3v) is 11.0. The monoisotopic (exact) mass is 776 g/mol. The highest BCUT2D eigenvalue weighted by Crippen LogP contribution is 2.34. The molecule has 4 amide bonds. The maximum atomic E-state index is 14.3. The fraction of sp³-hybridized carbons (Fsp3) is 0.475. The topological polar surface area (TPSA) is 144 Å². The zero-order valence-corrected chi connectivity index (χ0v) is 33.6. The number of aromatic nitrogens is 2.